The number of amides is 2. The van der Waals surface area contributed by atoms with Crippen molar-refractivity contribution in [3.63, 3.8) is 0 Å². The Morgan fingerprint density at radius 2 is 1.83 bits per heavy atom. The number of likely N-dealkylation sites (N-methyl/N-ethyl adjacent to an activating group) is 1. The Bertz CT molecular complexity index is 1610. The molecule has 1 aromatic heterocycles. The van der Waals surface area contributed by atoms with Gasteiger partial charge in [0.25, 0.3) is 11.8 Å². The highest BCUT2D eigenvalue weighted by molar-refractivity contribution is 7.89. The van der Waals surface area contributed by atoms with Crippen molar-refractivity contribution in [3.8, 4) is 5.75 Å². The second-order valence-electron chi connectivity index (χ2n) is 11.9. The number of aliphatic hydroxyl groups excluding tert-OH is 1. The van der Waals surface area contributed by atoms with Gasteiger partial charge in [-0.1, -0.05) is 18.5 Å². The Kier molecular flexibility index (Phi) is 12.8. The highest BCUT2D eigenvalue weighted by atomic mass is 35.5. The summed E-state index contributed by atoms with van der Waals surface area (Å²) in [4.78, 5) is 32.8. The van der Waals surface area contributed by atoms with E-state index in [1.54, 1.807) is 42.2 Å². The van der Waals surface area contributed by atoms with E-state index < -0.39 is 28.1 Å². The molecule has 0 aliphatic carbocycles. The molecule has 254 valence electrons. The number of fused-ring (bicyclic) bond motifs is 1. The Morgan fingerprint density at radius 3 is 2.51 bits per heavy atom. The summed E-state index contributed by atoms with van der Waals surface area (Å²) in [7, 11) is -2.35. The van der Waals surface area contributed by atoms with Gasteiger partial charge in [-0.05, 0) is 87.7 Å². The van der Waals surface area contributed by atoms with Crippen LogP contribution < -0.4 is 10.1 Å². The molecular formula is C34H43ClN4O7S. The van der Waals surface area contributed by atoms with Crippen LogP contribution in [-0.4, -0.2) is 91.1 Å². The predicted molar refractivity (Wildman–Crippen MR) is 180 cm³/mol. The van der Waals surface area contributed by atoms with E-state index in [9.17, 15) is 23.1 Å². The standard InChI is InChI=1S/C34H43ClN4O7S/c1-23-20-39(24(2)22-40)34(42)30-19-28(37-33(41)26-14-16-36-17-15-26)10-13-31(30)46-25(3)7-5-6-18-45-32(23)21-38(4)47(43,44)29-11-8-27(35)9-12-29/h8-17,19,23-25,32,40H,5-7,18,20-22H2,1-4H3,(H,37,41)/t23-,24-,25+,32-/m1/s1. The van der Waals surface area contributed by atoms with Gasteiger partial charge in [0.1, 0.15) is 5.75 Å². The van der Waals surface area contributed by atoms with E-state index >= 15 is 0 Å². The Labute approximate surface area is 281 Å². The molecule has 0 bridgehead atoms. The van der Waals surface area contributed by atoms with Crippen LogP contribution in [0.15, 0.2) is 71.9 Å². The molecule has 3 aromatic rings. The summed E-state index contributed by atoms with van der Waals surface area (Å²) in [6.45, 7) is 5.85. The van der Waals surface area contributed by atoms with Crippen LogP contribution in [0.1, 0.15) is 60.7 Å². The zero-order valence-corrected chi connectivity index (χ0v) is 28.7. The summed E-state index contributed by atoms with van der Waals surface area (Å²) in [5.41, 5.74) is 1.04. The third-order valence-electron chi connectivity index (χ3n) is 8.21. The Balaban J connectivity index is 1.65. The zero-order valence-electron chi connectivity index (χ0n) is 27.1. The van der Waals surface area contributed by atoms with Crippen LogP contribution in [0.25, 0.3) is 0 Å². The molecule has 0 spiro atoms. The number of aliphatic hydroxyl groups is 1. The van der Waals surface area contributed by atoms with Crippen molar-refractivity contribution >= 4 is 39.1 Å². The van der Waals surface area contributed by atoms with Crippen molar-refractivity contribution in [3.05, 3.63) is 83.1 Å². The molecule has 4 rings (SSSR count). The summed E-state index contributed by atoms with van der Waals surface area (Å²) < 4.78 is 40.6. The van der Waals surface area contributed by atoms with Gasteiger partial charge in [0.2, 0.25) is 10.0 Å². The predicted octanol–water partition coefficient (Wildman–Crippen LogP) is 5.10. The van der Waals surface area contributed by atoms with Gasteiger partial charge in [0.05, 0.1) is 35.3 Å². The zero-order chi connectivity index (χ0) is 34.1. The van der Waals surface area contributed by atoms with E-state index in [2.05, 4.69) is 10.3 Å². The van der Waals surface area contributed by atoms with E-state index in [4.69, 9.17) is 21.1 Å². The van der Waals surface area contributed by atoms with Crippen molar-refractivity contribution in [2.75, 3.05) is 38.7 Å². The normalized spacial score (nSPS) is 20.5. The van der Waals surface area contributed by atoms with E-state index in [0.29, 0.717) is 35.1 Å². The van der Waals surface area contributed by atoms with Crippen molar-refractivity contribution in [1.82, 2.24) is 14.2 Å². The van der Waals surface area contributed by atoms with Crippen LogP contribution >= 0.6 is 11.6 Å². The molecule has 2 amide bonds. The molecule has 1 aliphatic heterocycles. The molecule has 0 radical (unpaired) electrons. The highest BCUT2D eigenvalue weighted by Crippen LogP contribution is 2.29. The monoisotopic (exact) mass is 686 g/mol. The number of ether oxygens (including phenoxy) is 2. The first-order valence-corrected chi connectivity index (χ1v) is 17.5. The second-order valence-corrected chi connectivity index (χ2v) is 14.4. The maximum absolute atomic E-state index is 14.3. The fourth-order valence-electron chi connectivity index (χ4n) is 5.31. The minimum atomic E-state index is -3.85. The SMILES string of the molecule is C[C@@H]1CN([C@H](C)CO)C(=O)c2cc(NC(=O)c3ccncc3)ccc2O[C@@H](C)CCCCO[C@@H]1CN(C)S(=O)(=O)c1ccc(Cl)cc1. The minimum Gasteiger partial charge on any atom is -0.490 e. The Hall–Kier alpha value is -3.55. The van der Waals surface area contributed by atoms with Gasteiger partial charge >= 0.3 is 0 Å². The third-order valence-corrected chi connectivity index (χ3v) is 10.3. The van der Waals surface area contributed by atoms with Crippen molar-refractivity contribution in [1.29, 1.82) is 0 Å². The summed E-state index contributed by atoms with van der Waals surface area (Å²) >= 11 is 5.98. The fourth-order valence-corrected chi connectivity index (χ4v) is 6.62. The van der Waals surface area contributed by atoms with Crippen LogP contribution in [0.4, 0.5) is 5.69 Å². The smallest absolute Gasteiger partial charge is 0.258 e. The van der Waals surface area contributed by atoms with Gasteiger partial charge in [-0.3, -0.25) is 14.6 Å². The second kappa shape index (κ2) is 16.5. The first-order chi connectivity index (χ1) is 22.4. The van der Waals surface area contributed by atoms with Gasteiger partial charge in [-0.2, -0.15) is 4.31 Å². The topological polar surface area (TPSA) is 138 Å². The summed E-state index contributed by atoms with van der Waals surface area (Å²) in [6.07, 6.45) is 4.47. The molecule has 11 nitrogen and oxygen atoms in total. The number of pyridine rings is 1. The number of hydrogen-bond acceptors (Lipinski definition) is 8. The molecule has 0 saturated carbocycles. The molecule has 4 atom stereocenters. The van der Waals surface area contributed by atoms with E-state index in [-0.39, 0.29) is 48.1 Å². The number of nitrogens with one attached hydrogen (secondary N) is 1. The molecule has 0 saturated heterocycles. The van der Waals surface area contributed by atoms with Gasteiger partial charge in [-0.15, -0.1) is 0 Å². The van der Waals surface area contributed by atoms with Gasteiger partial charge < -0.3 is 24.8 Å². The first-order valence-electron chi connectivity index (χ1n) is 15.7. The van der Waals surface area contributed by atoms with Crippen molar-refractivity contribution in [2.24, 2.45) is 5.92 Å². The molecule has 2 heterocycles. The lowest BCUT2D eigenvalue weighted by atomic mass is 10.0. The molecule has 13 heteroatoms. The molecule has 1 aliphatic rings. The summed E-state index contributed by atoms with van der Waals surface area (Å²) in [5.74, 6) is -0.733. The summed E-state index contributed by atoms with van der Waals surface area (Å²) in [5, 5.41) is 13.5. The van der Waals surface area contributed by atoms with E-state index in [1.807, 2.05) is 13.8 Å². The number of carbonyl (C=O) groups is 2. The fraction of sp³-hybridized carbons (Fsp3) is 0.441. The maximum Gasteiger partial charge on any atom is 0.258 e. The van der Waals surface area contributed by atoms with Gasteiger partial charge in [0, 0.05) is 61.3 Å². The number of benzene rings is 2. The number of sulfonamides is 1. The van der Waals surface area contributed by atoms with Crippen LogP contribution in [0, 0.1) is 5.92 Å². The third kappa shape index (κ3) is 9.51. The van der Waals surface area contributed by atoms with E-state index in [1.165, 1.54) is 48.0 Å². The van der Waals surface area contributed by atoms with Gasteiger partial charge in [0.15, 0.2) is 0 Å². The van der Waals surface area contributed by atoms with Crippen LogP contribution in [0.3, 0.4) is 0 Å². The highest BCUT2D eigenvalue weighted by Gasteiger charge is 2.32. The molecule has 47 heavy (non-hydrogen) atoms. The largest absolute Gasteiger partial charge is 0.490 e. The molecule has 2 aromatic carbocycles. The number of hydrogen-bond donors (Lipinski definition) is 2. The van der Waals surface area contributed by atoms with Crippen LogP contribution in [0.2, 0.25) is 5.02 Å². The number of rotatable bonds is 8. The first kappa shape index (κ1) is 36.3. The lowest BCUT2D eigenvalue weighted by molar-refractivity contribution is -0.00834. The van der Waals surface area contributed by atoms with Crippen LogP contribution in [-0.2, 0) is 14.8 Å². The quantitative estimate of drug-likeness (QED) is 0.334. The number of halogens is 1. The molecule has 0 fully saturated rings. The number of nitrogens with zero attached hydrogens (tertiary/aromatic N) is 3. The summed E-state index contributed by atoms with van der Waals surface area (Å²) in [6, 6.07) is 13.5. The lowest BCUT2D eigenvalue weighted by Gasteiger charge is -2.35. The minimum absolute atomic E-state index is 0.0446. The molecule has 0 unspecified atom stereocenters. The number of carbonyl (C=O) groups excluding carboxylic acids is 2. The van der Waals surface area contributed by atoms with Crippen molar-refractivity contribution in [2.45, 2.75) is 63.2 Å². The van der Waals surface area contributed by atoms with Crippen LogP contribution in [0.5, 0.6) is 5.75 Å². The number of anilines is 1. The van der Waals surface area contributed by atoms with Crippen molar-refractivity contribution < 1.29 is 32.6 Å². The molecular weight excluding hydrogens is 644 g/mol. The molecule has 2 N–H and O–H groups in total. The maximum atomic E-state index is 14.3. The lowest BCUT2D eigenvalue weighted by Crippen LogP contribution is -2.48. The number of aromatic nitrogens is 1. The average Bonchev–Trinajstić information content (AvgIpc) is 3.06. The average molecular weight is 687 g/mol. The van der Waals surface area contributed by atoms with E-state index in [0.717, 1.165) is 12.8 Å². The van der Waals surface area contributed by atoms with Gasteiger partial charge in [-0.25, -0.2) is 8.42 Å². The Morgan fingerprint density at radius 1 is 1.13 bits per heavy atom.